The summed E-state index contributed by atoms with van der Waals surface area (Å²) in [6.07, 6.45) is 3.47. The Balaban J connectivity index is 2.19. The van der Waals surface area contributed by atoms with Crippen LogP contribution in [0.4, 0.5) is 0 Å². The molecule has 0 spiro atoms. The van der Waals surface area contributed by atoms with Gasteiger partial charge in [-0.3, -0.25) is 4.79 Å². The minimum Gasteiger partial charge on any atom is -0.510 e. The fourth-order valence-electron chi connectivity index (χ4n) is 1.83. The van der Waals surface area contributed by atoms with Crippen LogP contribution in [-0.4, -0.2) is 15.0 Å². The first-order valence-electron chi connectivity index (χ1n) is 4.66. The van der Waals surface area contributed by atoms with Crippen LogP contribution in [0.1, 0.15) is 33.1 Å². The molecule has 1 atom stereocenters. The van der Waals surface area contributed by atoms with Crippen molar-refractivity contribution in [3.8, 4) is 0 Å². The SMILES string of the molecule is CC1=C(O)C(C)(CC2CC2)SC1=O. The summed E-state index contributed by atoms with van der Waals surface area (Å²) in [6.45, 7) is 3.68. The molecule has 13 heavy (non-hydrogen) atoms. The molecule has 0 aromatic carbocycles. The number of hydrogen-bond acceptors (Lipinski definition) is 3. The predicted octanol–water partition coefficient (Wildman–Crippen LogP) is 2.65. The molecule has 72 valence electrons. The van der Waals surface area contributed by atoms with Gasteiger partial charge in [0.2, 0.25) is 5.12 Å². The van der Waals surface area contributed by atoms with Gasteiger partial charge in [0.1, 0.15) is 5.76 Å². The lowest BCUT2D eigenvalue weighted by atomic mass is 9.99. The minimum absolute atomic E-state index is 0.0423. The quantitative estimate of drug-likeness (QED) is 0.741. The monoisotopic (exact) mass is 198 g/mol. The maximum Gasteiger partial charge on any atom is 0.219 e. The summed E-state index contributed by atoms with van der Waals surface area (Å²) >= 11 is 1.29. The van der Waals surface area contributed by atoms with Crippen LogP contribution in [0.2, 0.25) is 0 Å². The van der Waals surface area contributed by atoms with Crippen LogP contribution in [0.15, 0.2) is 11.3 Å². The lowest BCUT2D eigenvalue weighted by molar-refractivity contribution is -0.107. The molecule has 1 unspecified atom stereocenters. The van der Waals surface area contributed by atoms with E-state index in [2.05, 4.69) is 0 Å². The van der Waals surface area contributed by atoms with E-state index in [0.29, 0.717) is 11.3 Å². The number of carbonyl (C=O) groups is 1. The third-order valence-electron chi connectivity index (χ3n) is 2.86. The Bertz CT molecular complexity index is 291. The topological polar surface area (TPSA) is 37.3 Å². The van der Waals surface area contributed by atoms with Gasteiger partial charge in [-0.2, -0.15) is 0 Å². The van der Waals surface area contributed by atoms with Gasteiger partial charge in [0, 0.05) is 5.57 Å². The van der Waals surface area contributed by atoms with E-state index in [0.717, 1.165) is 12.3 Å². The van der Waals surface area contributed by atoms with Gasteiger partial charge in [0.05, 0.1) is 4.75 Å². The summed E-state index contributed by atoms with van der Waals surface area (Å²) in [6, 6.07) is 0. The molecule has 2 nitrogen and oxygen atoms in total. The molecule has 1 heterocycles. The zero-order valence-corrected chi connectivity index (χ0v) is 8.78. The second-order valence-electron chi connectivity index (χ2n) is 4.24. The number of thioether (sulfide) groups is 1. The Morgan fingerprint density at radius 1 is 1.62 bits per heavy atom. The van der Waals surface area contributed by atoms with Gasteiger partial charge < -0.3 is 5.11 Å². The zero-order valence-electron chi connectivity index (χ0n) is 7.96. The molecule has 1 aliphatic carbocycles. The van der Waals surface area contributed by atoms with E-state index in [9.17, 15) is 9.90 Å². The fourth-order valence-corrected chi connectivity index (χ4v) is 3.06. The van der Waals surface area contributed by atoms with E-state index in [4.69, 9.17) is 0 Å². The molecule has 1 aliphatic heterocycles. The van der Waals surface area contributed by atoms with Gasteiger partial charge >= 0.3 is 0 Å². The third-order valence-corrected chi connectivity index (χ3v) is 4.16. The van der Waals surface area contributed by atoms with Crippen molar-refractivity contribution in [2.24, 2.45) is 5.92 Å². The van der Waals surface area contributed by atoms with Crippen LogP contribution in [0.3, 0.4) is 0 Å². The highest BCUT2D eigenvalue weighted by Crippen LogP contribution is 2.50. The van der Waals surface area contributed by atoms with Crippen LogP contribution in [-0.2, 0) is 4.79 Å². The van der Waals surface area contributed by atoms with Gasteiger partial charge in [0.15, 0.2) is 0 Å². The first-order valence-corrected chi connectivity index (χ1v) is 5.48. The second-order valence-corrected chi connectivity index (χ2v) is 5.72. The number of rotatable bonds is 2. The summed E-state index contributed by atoms with van der Waals surface area (Å²) in [5, 5.41) is 9.84. The van der Waals surface area contributed by atoms with Crippen molar-refractivity contribution in [2.45, 2.75) is 37.9 Å². The van der Waals surface area contributed by atoms with Gasteiger partial charge in [-0.05, 0) is 26.2 Å². The van der Waals surface area contributed by atoms with Crippen molar-refractivity contribution in [3.05, 3.63) is 11.3 Å². The largest absolute Gasteiger partial charge is 0.510 e. The van der Waals surface area contributed by atoms with Crippen LogP contribution < -0.4 is 0 Å². The number of aliphatic hydroxyl groups is 1. The fraction of sp³-hybridized carbons (Fsp3) is 0.700. The standard InChI is InChI=1S/C10H14O2S/c1-6-8(11)10(2,13-9(6)12)5-7-3-4-7/h7,11H,3-5H2,1-2H3. The van der Waals surface area contributed by atoms with E-state index in [1.807, 2.05) is 6.92 Å². The maximum absolute atomic E-state index is 11.3. The maximum atomic E-state index is 11.3. The van der Waals surface area contributed by atoms with E-state index >= 15 is 0 Å². The van der Waals surface area contributed by atoms with Crippen molar-refractivity contribution >= 4 is 16.9 Å². The van der Waals surface area contributed by atoms with Gasteiger partial charge in [-0.25, -0.2) is 0 Å². The molecule has 2 rings (SSSR count). The molecular formula is C10H14O2S. The van der Waals surface area contributed by atoms with Crippen LogP contribution in [0, 0.1) is 5.92 Å². The third kappa shape index (κ3) is 1.50. The van der Waals surface area contributed by atoms with E-state index < -0.39 is 0 Å². The van der Waals surface area contributed by atoms with Crippen molar-refractivity contribution in [1.29, 1.82) is 0 Å². The first kappa shape index (κ1) is 9.13. The number of aliphatic hydroxyl groups excluding tert-OH is 1. The first-order chi connectivity index (χ1) is 6.03. The van der Waals surface area contributed by atoms with Gasteiger partial charge in [0.25, 0.3) is 0 Å². The van der Waals surface area contributed by atoms with E-state index in [1.165, 1.54) is 24.6 Å². The Labute approximate surface area is 82.4 Å². The van der Waals surface area contributed by atoms with Crippen molar-refractivity contribution in [2.75, 3.05) is 0 Å². The Hall–Kier alpha value is -0.440. The molecule has 0 saturated heterocycles. The highest BCUT2D eigenvalue weighted by atomic mass is 32.2. The van der Waals surface area contributed by atoms with Crippen molar-refractivity contribution < 1.29 is 9.90 Å². The number of carbonyl (C=O) groups excluding carboxylic acids is 1. The molecule has 2 aliphatic rings. The smallest absolute Gasteiger partial charge is 0.219 e. The molecule has 0 aromatic rings. The predicted molar refractivity (Wildman–Crippen MR) is 53.7 cm³/mol. The highest BCUT2D eigenvalue weighted by Gasteiger charge is 2.44. The van der Waals surface area contributed by atoms with Crippen molar-refractivity contribution in [3.63, 3.8) is 0 Å². The van der Waals surface area contributed by atoms with Crippen LogP contribution in [0.5, 0.6) is 0 Å². The minimum atomic E-state index is -0.317. The molecule has 0 bridgehead atoms. The normalized spacial score (nSPS) is 34.5. The molecule has 0 amide bonds. The van der Waals surface area contributed by atoms with E-state index in [1.54, 1.807) is 6.92 Å². The lowest BCUT2D eigenvalue weighted by Crippen LogP contribution is -2.21. The Morgan fingerprint density at radius 3 is 2.62 bits per heavy atom. The molecule has 3 heteroatoms. The van der Waals surface area contributed by atoms with Gasteiger partial charge in [-0.1, -0.05) is 24.6 Å². The average molecular weight is 198 g/mol. The Morgan fingerprint density at radius 2 is 2.23 bits per heavy atom. The lowest BCUT2D eigenvalue weighted by Gasteiger charge is -2.21. The second kappa shape index (κ2) is 2.77. The highest BCUT2D eigenvalue weighted by molar-refractivity contribution is 8.15. The molecular weight excluding hydrogens is 184 g/mol. The summed E-state index contributed by atoms with van der Waals surface area (Å²) in [5.41, 5.74) is 0.549. The summed E-state index contributed by atoms with van der Waals surface area (Å²) in [7, 11) is 0. The van der Waals surface area contributed by atoms with Gasteiger partial charge in [-0.15, -0.1) is 0 Å². The van der Waals surface area contributed by atoms with Crippen molar-refractivity contribution in [1.82, 2.24) is 0 Å². The van der Waals surface area contributed by atoms with E-state index in [-0.39, 0.29) is 9.86 Å². The average Bonchev–Trinajstić information content (AvgIpc) is 2.81. The Kier molecular flexibility index (Phi) is 1.95. The summed E-state index contributed by atoms with van der Waals surface area (Å²) < 4.78 is -0.317. The molecule has 0 aromatic heterocycles. The molecule has 1 N–H and O–H groups in total. The number of hydrogen-bond donors (Lipinski definition) is 1. The zero-order chi connectivity index (χ0) is 9.64. The van der Waals surface area contributed by atoms with Crippen LogP contribution in [0.25, 0.3) is 0 Å². The summed E-state index contributed by atoms with van der Waals surface area (Å²) in [4.78, 5) is 11.3. The molecule has 0 radical (unpaired) electrons. The summed E-state index contributed by atoms with van der Waals surface area (Å²) in [5.74, 6) is 1.05. The van der Waals surface area contributed by atoms with Crippen LogP contribution >= 0.6 is 11.8 Å². The molecule has 1 fully saturated rings. The molecule has 1 saturated carbocycles.